The van der Waals surface area contributed by atoms with Crippen molar-refractivity contribution in [1.82, 2.24) is 0 Å². The molecule has 0 N–H and O–H groups in total. The predicted molar refractivity (Wildman–Crippen MR) is 47.7 cm³/mol. The third kappa shape index (κ3) is 3.04. The molecule has 1 fully saturated rings. The molecule has 1 aliphatic carbocycles. The van der Waals surface area contributed by atoms with Gasteiger partial charge in [0, 0.05) is 19.3 Å². The normalized spacial score (nSPS) is 23.6. The molecule has 0 saturated heterocycles. The van der Waals surface area contributed by atoms with Crippen LogP contribution >= 0.6 is 0 Å². The Hall–Kier alpha value is -0.840. The molecule has 12 heavy (non-hydrogen) atoms. The van der Waals surface area contributed by atoms with E-state index in [0.29, 0.717) is 18.2 Å². The van der Waals surface area contributed by atoms with E-state index in [-0.39, 0.29) is 0 Å². The molecule has 1 atom stereocenters. The molecule has 0 amide bonds. The van der Waals surface area contributed by atoms with Crippen molar-refractivity contribution >= 4 is 5.78 Å². The van der Waals surface area contributed by atoms with Crippen LogP contribution in [0.15, 0.2) is 0 Å². The lowest BCUT2D eigenvalue weighted by molar-refractivity contribution is -0.121. The lowest BCUT2D eigenvalue weighted by Crippen LogP contribution is -2.14. The molecule has 1 unspecified atom stereocenters. The average molecular weight is 165 g/mol. The third-order valence-electron chi connectivity index (χ3n) is 2.47. The highest BCUT2D eigenvalue weighted by Gasteiger charge is 2.18. The highest BCUT2D eigenvalue weighted by Crippen LogP contribution is 2.24. The van der Waals surface area contributed by atoms with Gasteiger partial charge in [0.15, 0.2) is 0 Å². The highest BCUT2D eigenvalue weighted by molar-refractivity contribution is 5.79. The Kier molecular flexibility index (Phi) is 3.79. The van der Waals surface area contributed by atoms with E-state index in [1.807, 2.05) is 0 Å². The Balaban J connectivity index is 2.15. The molecule has 0 aromatic heterocycles. The van der Waals surface area contributed by atoms with Gasteiger partial charge in [0.25, 0.3) is 0 Å². The van der Waals surface area contributed by atoms with Crippen LogP contribution in [0, 0.1) is 12.5 Å². The molecule has 0 bridgehead atoms. The minimum absolute atomic E-state index is 0.425. The number of rotatable bonds is 3. The van der Waals surface area contributed by atoms with Crippen molar-refractivity contribution in [2.24, 2.45) is 5.92 Å². The summed E-state index contributed by atoms with van der Waals surface area (Å²) in [4.78, 5) is 14.3. The number of ketones is 1. The van der Waals surface area contributed by atoms with E-state index in [1.54, 1.807) is 0 Å². The zero-order valence-electron chi connectivity index (χ0n) is 7.38. The number of carbonyl (C=O) groups is 1. The van der Waals surface area contributed by atoms with Crippen LogP contribution in [0.5, 0.6) is 0 Å². The number of carbonyl (C=O) groups excluding carboxylic acids is 1. The Morgan fingerprint density at radius 2 is 2.42 bits per heavy atom. The summed E-state index contributed by atoms with van der Waals surface area (Å²) in [5, 5.41) is 0. The van der Waals surface area contributed by atoms with Gasteiger partial charge in [-0.1, -0.05) is 0 Å². The molecule has 0 aliphatic heterocycles. The lowest BCUT2D eigenvalue weighted by atomic mass is 9.85. The van der Waals surface area contributed by atoms with E-state index < -0.39 is 0 Å². The number of hydrogen-bond donors (Lipinski definition) is 0. The van der Waals surface area contributed by atoms with Gasteiger partial charge < -0.3 is 4.85 Å². The van der Waals surface area contributed by atoms with Crippen LogP contribution in [0.25, 0.3) is 4.85 Å². The molecule has 2 heteroatoms. The maximum atomic E-state index is 11.0. The zero-order valence-corrected chi connectivity index (χ0v) is 7.38. The van der Waals surface area contributed by atoms with Crippen molar-refractivity contribution in [3.63, 3.8) is 0 Å². The van der Waals surface area contributed by atoms with E-state index in [9.17, 15) is 4.79 Å². The van der Waals surface area contributed by atoms with Crippen LogP contribution in [0.1, 0.15) is 38.5 Å². The fourth-order valence-corrected chi connectivity index (χ4v) is 1.82. The second-order valence-corrected chi connectivity index (χ2v) is 3.53. The maximum Gasteiger partial charge on any atom is 0.214 e. The van der Waals surface area contributed by atoms with E-state index in [0.717, 1.165) is 32.1 Å². The molecule has 1 aliphatic rings. The summed E-state index contributed by atoms with van der Waals surface area (Å²) in [5.74, 6) is 1.02. The van der Waals surface area contributed by atoms with Gasteiger partial charge in [-0.05, 0) is 25.2 Å². The van der Waals surface area contributed by atoms with Gasteiger partial charge >= 0.3 is 0 Å². The minimum Gasteiger partial charge on any atom is -0.317 e. The SMILES string of the molecule is [C-]#[N+]CCCC1CCCC(=O)C1. The topological polar surface area (TPSA) is 21.4 Å². The zero-order chi connectivity index (χ0) is 8.81. The minimum atomic E-state index is 0.425. The van der Waals surface area contributed by atoms with Crippen molar-refractivity contribution in [1.29, 1.82) is 0 Å². The quantitative estimate of drug-likeness (QED) is 0.465. The second-order valence-electron chi connectivity index (χ2n) is 3.53. The van der Waals surface area contributed by atoms with Crippen LogP contribution in [0.2, 0.25) is 0 Å². The summed E-state index contributed by atoms with van der Waals surface area (Å²) in [5.41, 5.74) is 0. The standard InChI is InChI=1S/C10H15NO/c1-11-7-3-5-9-4-2-6-10(12)8-9/h9H,2-8H2. The van der Waals surface area contributed by atoms with Gasteiger partial charge in [-0.2, -0.15) is 0 Å². The van der Waals surface area contributed by atoms with Crippen LogP contribution in [-0.2, 0) is 4.79 Å². The first-order chi connectivity index (χ1) is 5.83. The fourth-order valence-electron chi connectivity index (χ4n) is 1.82. The smallest absolute Gasteiger partial charge is 0.214 e. The van der Waals surface area contributed by atoms with Crippen molar-refractivity contribution in [2.45, 2.75) is 38.5 Å². The highest BCUT2D eigenvalue weighted by atomic mass is 16.1. The van der Waals surface area contributed by atoms with Gasteiger partial charge in [0.1, 0.15) is 5.78 Å². The third-order valence-corrected chi connectivity index (χ3v) is 2.47. The van der Waals surface area contributed by atoms with E-state index in [4.69, 9.17) is 6.57 Å². The first-order valence-corrected chi connectivity index (χ1v) is 4.68. The maximum absolute atomic E-state index is 11.0. The van der Waals surface area contributed by atoms with Crippen LogP contribution in [-0.4, -0.2) is 12.3 Å². The molecular weight excluding hydrogens is 150 g/mol. The summed E-state index contributed by atoms with van der Waals surface area (Å²) in [6.07, 6.45) is 5.89. The van der Waals surface area contributed by atoms with Crippen LogP contribution in [0.3, 0.4) is 0 Å². The monoisotopic (exact) mass is 165 g/mol. The molecule has 2 nitrogen and oxygen atoms in total. The summed E-state index contributed by atoms with van der Waals surface area (Å²) < 4.78 is 0. The summed E-state index contributed by atoms with van der Waals surface area (Å²) in [7, 11) is 0. The van der Waals surface area contributed by atoms with E-state index in [2.05, 4.69) is 4.85 Å². The molecule has 0 aromatic carbocycles. The van der Waals surface area contributed by atoms with Gasteiger partial charge in [-0.15, -0.1) is 0 Å². The molecular formula is C10H15NO. The predicted octanol–water partition coefficient (Wildman–Crippen LogP) is 2.45. The van der Waals surface area contributed by atoms with Gasteiger partial charge in [-0.3, -0.25) is 4.79 Å². The van der Waals surface area contributed by atoms with E-state index in [1.165, 1.54) is 6.42 Å². The Labute approximate surface area is 73.8 Å². The Morgan fingerprint density at radius 1 is 1.58 bits per heavy atom. The molecule has 0 aromatic rings. The lowest BCUT2D eigenvalue weighted by Gasteiger charge is -2.19. The van der Waals surface area contributed by atoms with Crippen molar-refractivity contribution in [3.8, 4) is 0 Å². The summed E-state index contributed by atoms with van der Waals surface area (Å²) >= 11 is 0. The van der Waals surface area contributed by atoms with E-state index >= 15 is 0 Å². The number of hydrogen-bond acceptors (Lipinski definition) is 1. The fraction of sp³-hybridized carbons (Fsp3) is 0.800. The van der Waals surface area contributed by atoms with Gasteiger partial charge in [0.05, 0.1) is 0 Å². The van der Waals surface area contributed by atoms with Gasteiger partial charge in [-0.25, -0.2) is 6.57 Å². The molecule has 1 saturated carbocycles. The number of Topliss-reactive ketones (excluding diaryl/α,β-unsaturated/α-hetero) is 1. The van der Waals surface area contributed by atoms with Crippen LogP contribution < -0.4 is 0 Å². The summed E-state index contributed by atoms with van der Waals surface area (Å²) in [6, 6.07) is 0. The molecule has 0 radical (unpaired) electrons. The molecule has 0 heterocycles. The van der Waals surface area contributed by atoms with Crippen molar-refractivity contribution in [3.05, 3.63) is 11.4 Å². The molecule has 0 spiro atoms. The van der Waals surface area contributed by atoms with Crippen LogP contribution in [0.4, 0.5) is 0 Å². The first-order valence-electron chi connectivity index (χ1n) is 4.68. The second kappa shape index (κ2) is 4.92. The summed E-state index contributed by atoms with van der Waals surface area (Å²) in [6.45, 7) is 7.25. The van der Waals surface area contributed by atoms with Crippen molar-refractivity contribution in [2.75, 3.05) is 6.54 Å². The number of nitrogens with zero attached hydrogens (tertiary/aromatic N) is 1. The Morgan fingerprint density at radius 3 is 3.08 bits per heavy atom. The largest absolute Gasteiger partial charge is 0.317 e. The molecule has 66 valence electrons. The molecule has 1 rings (SSSR count). The first kappa shape index (κ1) is 9.25. The van der Waals surface area contributed by atoms with Gasteiger partial charge in [0.2, 0.25) is 6.54 Å². The Bertz CT molecular complexity index is 193. The average Bonchev–Trinajstić information content (AvgIpc) is 2.05. The van der Waals surface area contributed by atoms with Crippen molar-refractivity contribution < 1.29 is 4.79 Å².